The number of ether oxygens (including phenoxy) is 1. The van der Waals surface area contributed by atoms with Gasteiger partial charge in [0.15, 0.2) is 0 Å². The van der Waals surface area contributed by atoms with E-state index >= 15 is 0 Å². The van der Waals surface area contributed by atoms with Gasteiger partial charge < -0.3 is 9.16 Å². The molecule has 0 heterocycles. The number of rotatable bonds is 6. The van der Waals surface area contributed by atoms with Crippen LogP contribution in [0.3, 0.4) is 0 Å². The third-order valence-corrected chi connectivity index (χ3v) is 8.92. The standard InChI is InChI=1S/C16H32O2Si/c1-16(2,3)19(5,6)18-15-11-7-9-14(13-15)10-8-12-17-4/h13-14H,7-12H2,1-6H3. The highest BCUT2D eigenvalue weighted by Gasteiger charge is 2.39. The molecule has 1 unspecified atom stereocenters. The van der Waals surface area contributed by atoms with Gasteiger partial charge in [0, 0.05) is 20.1 Å². The highest BCUT2D eigenvalue weighted by molar-refractivity contribution is 6.74. The van der Waals surface area contributed by atoms with Gasteiger partial charge in [-0.1, -0.05) is 20.8 Å². The van der Waals surface area contributed by atoms with Crippen LogP contribution in [0.25, 0.3) is 0 Å². The number of methoxy groups -OCH3 is 1. The lowest BCUT2D eigenvalue weighted by Gasteiger charge is -2.38. The Balaban J connectivity index is 2.57. The third kappa shape index (κ3) is 5.31. The van der Waals surface area contributed by atoms with Crippen LogP contribution in [0.4, 0.5) is 0 Å². The summed E-state index contributed by atoms with van der Waals surface area (Å²) in [4.78, 5) is 0. The van der Waals surface area contributed by atoms with Crippen LogP contribution in [-0.4, -0.2) is 22.0 Å². The summed E-state index contributed by atoms with van der Waals surface area (Å²) >= 11 is 0. The van der Waals surface area contributed by atoms with Crippen LogP contribution in [0.5, 0.6) is 0 Å². The maximum atomic E-state index is 6.45. The fourth-order valence-electron chi connectivity index (χ4n) is 2.25. The monoisotopic (exact) mass is 284 g/mol. The Bertz CT molecular complexity index is 302. The largest absolute Gasteiger partial charge is 0.547 e. The number of hydrogen-bond donors (Lipinski definition) is 0. The minimum Gasteiger partial charge on any atom is -0.547 e. The van der Waals surface area contributed by atoms with Gasteiger partial charge in [-0.3, -0.25) is 0 Å². The summed E-state index contributed by atoms with van der Waals surface area (Å²) in [7, 11) is 0.127. The zero-order chi connectivity index (χ0) is 14.5. The van der Waals surface area contributed by atoms with E-state index < -0.39 is 8.32 Å². The van der Waals surface area contributed by atoms with E-state index in [0.717, 1.165) is 19.4 Å². The van der Waals surface area contributed by atoms with E-state index in [1.807, 2.05) is 0 Å². The first-order valence-electron chi connectivity index (χ1n) is 7.65. The molecule has 0 aromatic rings. The Labute approximate surface area is 120 Å². The summed E-state index contributed by atoms with van der Waals surface area (Å²) in [6.07, 6.45) is 8.52. The molecule has 0 aliphatic heterocycles. The van der Waals surface area contributed by atoms with Gasteiger partial charge in [0.05, 0.1) is 5.76 Å². The van der Waals surface area contributed by atoms with E-state index in [2.05, 4.69) is 39.9 Å². The maximum Gasteiger partial charge on any atom is 0.250 e. The lowest BCUT2D eigenvalue weighted by molar-refractivity contribution is 0.187. The molecule has 1 aliphatic rings. The summed E-state index contributed by atoms with van der Waals surface area (Å²) in [6.45, 7) is 12.5. The molecule has 0 aromatic heterocycles. The Morgan fingerprint density at radius 3 is 2.58 bits per heavy atom. The molecule has 112 valence electrons. The van der Waals surface area contributed by atoms with Crippen molar-refractivity contribution in [2.45, 2.75) is 71.0 Å². The maximum absolute atomic E-state index is 6.45. The fourth-order valence-corrected chi connectivity index (χ4v) is 3.38. The molecule has 0 saturated carbocycles. The van der Waals surface area contributed by atoms with Gasteiger partial charge in [-0.15, -0.1) is 0 Å². The minimum absolute atomic E-state index is 0.289. The normalized spacial score (nSPS) is 21.2. The molecule has 1 atom stereocenters. The minimum atomic E-state index is -1.65. The van der Waals surface area contributed by atoms with Crippen molar-refractivity contribution in [2.24, 2.45) is 5.92 Å². The van der Waals surface area contributed by atoms with E-state index in [9.17, 15) is 0 Å². The molecule has 0 spiro atoms. The first-order valence-corrected chi connectivity index (χ1v) is 10.6. The Kier molecular flexibility index (Phi) is 6.12. The topological polar surface area (TPSA) is 18.5 Å². The van der Waals surface area contributed by atoms with Gasteiger partial charge in [-0.2, -0.15) is 0 Å². The Hall–Kier alpha value is -0.283. The molecule has 1 aliphatic carbocycles. The van der Waals surface area contributed by atoms with E-state index in [-0.39, 0.29) is 5.04 Å². The summed E-state index contributed by atoms with van der Waals surface area (Å²) in [6, 6.07) is 0. The van der Waals surface area contributed by atoms with Crippen LogP contribution in [-0.2, 0) is 9.16 Å². The third-order valence-electron chi connectivity index (χ3n) is 4.54. The summed E-state index contributed by atoms with van der Waals surface area (Å²) in [5.41, 5.74) is 0. The molecule has 0 fully saturated rings. The number of allylic oxidation sites excluding steroid dienone is 2. The van der Waals surface area contributed by atoms with Crippen molar-refractivity contribution >= 4 is 8.32 Å². The number of hydrogen-bond acceptors (Lipinski definition) is 2. The van der Waals surface area contributed by atoms with Crippen LogP contribution < -0.4 is 0 Å². The summed E-state index contributed by atoms with van der Waals surface area (Å²) in [5, 5.41) is 0.289. The second-order valence-corrected chi connectivity index (χ2v) is 12.0. The summed E-state index contributed by atoms with van der Waals surface area (Å²) in [5.74, 6) is 1.96. The molecule has 2 nitrogen and oxygen atoms in total. The zero-order valence-corrected chi connectivity index (χ0v) is 14.7. The average Bonchev–Trinajstić information content (AvgIpc) is 2.27. The van der Waals surface area contributed by atoms with E-state index in [4.69, 9.17) is 9.16 Å². The molecule has 0 N–H and O–H groups in total. The van der Waals surface area contributed by atoms with Crippen LogP contribution in [0.1, 0.15) is 52.9 Å². The average molecular weight is 285 g/mol. The van der Waals surface area contributed by atoms with Gasteiger partial charge in [-0.05, 0) is 55.8 Å². The lowest BCUT2D eigenvalue weighted by Crippen LogP contribution is -2.40. The van der Waals surface area contributed by atoms with E-state index in [1.165, 1.54) is 25.0 Å². The highest BCUT2D eigenvalue weighted by atomic mass is 28.4. The molecular formula is C16H32O2Si. The highest BCUT2D eigenvalue weighted by Crippen LogP contribution is 2.39. The second kappa shape index (κ2) is 6.94. The molecule has 0 aromatic carbocycles. The molecule has 19 heavy (non-hydrogen) atoms. The zero-order valence-electron chi connectivity index (χ0n) is 13.7. The predicted molar refractivity (Wildman–Crippen MR) is 84.8 cm³/mol. The van der Waals surface area contributed by atoms with Crippen molar-refractivity contribution in [1.29, 1.82) is 0 Å². The fraction of sp³-hybridized carbons (Fsp3) is 0.875. The smallest absolute Gasteiger partial charge is 0.250 e. The van der Waals surface area contributed by atoms with Gasteiger partial charge in [0.25, 0.3) is 0 Å². The molecular weight excluding hydrogens is 252 g/mol. The Morgan fingerprint density at radius 1 is 1.32 bits per heavy atom. The first kappa shape index (κ1) is 16.8. The molecule has 0 radical (unpaired) electrons. The van der Waals surface area contributed by atoms with Crippen molar-refractivity contribution in [3.05, 3.63) is 11.8 Å². The molecule has 3 heteroatoms. The summed E-state index contributed by atoms with van der Waals surface area (Å²) < 4.78 is 11.6. The molecule has 0 saturated heterocycles. The van der Waals surface area contributed by atoms with Crippen molar-refractivity contribution in [3.63, 3.8) is 0 Å². The molecule has 0 amide bonds. The van der Waals surface area contributed by atoms with Gasteiger partial charge in [0.1, 0.15) is 0 Å². The van der Waals surface area contributed by atoms with Crippen LogP contribution >= 0.6 is 0 Å². The quantitative estimate of drug-likeness (QED) is 0.498. The van der Waals surface area contributed by atoms with E-state index in [1.54, 1.807) is 7.11 Å². The van der Waals surface area contributed by atoms with Crippen molar-refractivity contribution in [2.75, 3.05) is 13.7 Å². The Morgan fingerprint density at radius 2 is 2.00 bits per heavy atom. The molecule has 1 rings (SSSR count). The second-order valence-electron chi connectivity index (χ2n) is 7.28. The van der Waals surface area contributed by atoms with E-state index in [0.29, 0.717) is 5.92 Å². The van der Waals surface area contributed by atoms with Crippen molar-refractivity contribution < 1.29 is 9.16 Å². The van der Waals surface area contributed by atoms with Crippen molar-refractivity contribution in [3.8, 4) is 0 Å². The SMILES string of the molecule is COCCCC1C=C(O[Si](C)(C)C(C)(C)C)CCC1. The molecule has 0 bridgehead atoms. The van der Waals surface area contributed by atoms with Crippen molar-refractivity contribution in [1.82, 2.24) is 0 Å². The van der Waals surface area contributed by atoms with Gasteiger partial charge in [0.2, 0.25) is 8.32 Å². The van der Waals surface area contributed by atoms with Gasteiger partial charge >= 0.3 is 0 Å². The van der Waals surface area contributed by atoms with Crippen LogP contribution in [0, 0.1) is 5.92 Å². The van der Waals surface area contributed by atoms with Crippen LogP contribution in [0.2, 0.25) is 18.1 Å². The van der Waals surface area contributed by atoms with Crippen LogP contribution in [0.15, 0.2) is 11.8 Å². The first-order chi connectivity index (χ1) is 8.76. The van der Waals surface area contributed by atoms with Gasteiger partial charge in [-0.25, -0.2) is 0 Å². The lowest BCUT2D eigenvalue weighted by atomic mass is 9.91. The predicted octanol–water partition coefficient (Wildman–Crippen LogP) is 5.12.